The number of rotatable bonds is 4. The maximum absolute atomic E-state index is 14.6. The summed E-state index contributed by atoms with van der Waals surface area (Å²) in [5, 5.41) is 1.05. The molecule has 1 unspecified atom stereocenters. The highest BCUT2D eigenvalue weighted by atomic mass is 19.1. The number of anilines is 1. The van der Waals surface area contributed by atoms with E-state index in [-0.39, 0.29) is 30.1 Å². The molecule has 2 aromatic carbocycles. The maximum Gasteiger partial charge on any atom is 0.227 e. The van der Waals surface area contributed by atoms with E-state index < -0.39 is 0 Å². The van der Waals surface area contributed by atoms with E-state index in [1.165, 1.54) is 6.07 Å². The molecule has 6 nitrogen and oxygen atoms in total. The third-order valence-electron chi connectivity index (χ3n) is 6.16. The Kier molecular flexibility index (Phi) is 5.31. The van der Waals surface area contributed by atoms with Crippen LogP contribution >= 0.6 is 0 Å². The van der Waals surface area contributed by atoms with Crippen molar-refractivity contribution < 1.29 is 9.18 Å². The molecule has 1 fully saturated rings. The summed E-state index contributed by atoms with van der Waals surface area (Å²) in [6.45, 7) is 0.631. The Balaban J connectivity index is 1.51. The van der Waals surface area contributed by atoms with Gasteiger partial charge in [-0.1, -0.05) is 36.4 Å². The Hall–Kier alpha value is -3.74. The van der Waals surface area contributed by atoms with Gasteiger partial charge in [0, 0.05) is 41.0 Å². The quantitative estimate of drug-likeness (QED) is 0.495. The van der Waals surface area contributed by atoms with Gasteiger partial charge in [0.1, 0.15) is 5.82 Å². The molecule has 0 spiro atoms. The molecule has 162 valence electrons. The molecular formula is C25H24FN5O. The summed E-state index contributed by atoms with van der Waals surface area (Å²) < 4.78 is 14.6. The van der Waals surface area contributed by atoms with E-state index in [4.69, 9.17) is 5.73 Å². The third-order valence-corrected chi connectivity index (χ3v) is 6.16. The second-order valence-corrected chi connectivity index (χ2v) is 8.14. The molecule has 0 radical (unpaired) electrons. The highest BCUT2D eigenvalue weighted by molar-refractivity contribution is 5.89. The minimum atomic E-state index is -0.352. The van der Waals surface area contributed by atoms with Crippen LogP contribution in [-0.4, -0.2) is 32.3 Å². The zero-order valence-corrected chi connectivity index (χ0v) is 17.6. The van der Waals surface area contributed by atoms with E-state index in [2.05, 4.69) is 15.0 Å². The fourth-order valence-electron chi connectivity index (χ4n) is 4.61. The molecule has 32 heavy (non-hydrogen) atoms. The number of fused-ring (bicyclic) bond motifs is 1. The van der Waals surface area contributed by atoms with E-state index in [1.807, 2.05) is 35.4 Å². The number of hydrogen-bond donors (Lipinski definition) is 2. The summed E-state index contributed by atoms with van der Waals surface area (Å²) >= 11 is 0. The fourth-order valence-corrected chi connectivity index (χ4v) is 4.61. The molecule has 0 saturated carbocycles. The number of piperidine rings is 1. The maximum atomic E-state index is 14.6. The number of para-hydroxylation sites is 1. The topological polar surface area (TPSA) is 87.9 Å². The molecule has 4 aromatic rings. The van der Waals surface area contributed by atoms with E-state index in [9.17, 15) is 9.18 Å². The average molecular weight is 429 g/mol. The minimum Gasteiger partial charge on any atom is -0.368 e. The number of aromatic amines is 1. The van der Waals surface area contributed by atoms with E-state index in [1.54, 1.807) is 24.4 Å². The van der Waals surface area contributed by atoms with Crippen LogP contribution in [0, 0.1) is 5.82 Å². The largest absolute Gasteiger partial charge is 0.368 e. The molecule has 1 amide bonds. The van der Waals surface area contributed by atoms with Gasteiger partial charge in [-0.25, -0.2) is 14.4 Å². The number of hydrogen-bond acceptors (Lipinski definition) is 4. The van der Waals surface area contributed by atoms with Gasteiger partial charge >= 0.3 is 0 Å². The number of benzene rings is 2. The first-order valence-electron chi connectivity index (χ1n) is 10.8. The van der Waals surface area contributed by atoms with Crippen LogP contribution in [0.3, 0.4) is 0 Å². The molecule has 2 aromatic heterocycles. The second-order valence-electron chi connectivity index (χ2n) is 8.14. The van der Waals surface area contributed by atoms with Crippen LogP contribution in [0.4, 0.5) is 10.3 Å². The zero-order valence-electron chi connectivity index (χ0n) is 17.6. The Morgan fingerprint density at radius 2 is 1.94 bits per heavy atom. The molecule has 1 saturated heterocycles. The van der Waals surface area contributed by atoms with Crippen LogP contribution in [0.15, 0.2) is 60.9 Å². The number of nitrogens with zero attached hydrogens (tertiary/aromatic N) is 3. The molecule has 5 rings (SSSR count). The number of halogens is 1. The number of likely N-dealkylation sites (tertiary alicyclic amines) is 1. The van der Waals surface area contributed by atoms with Crippen LogP contribution in [0.1, 0.15) is 36.6 Å². The van der Waals surface area contributed by atoms with Gasteiger partial charge in [0.15, 0.2) is 0 Å². The molecule has 1 aliphatic heterocycles. The normalized spacial score (nSPS) is 16.4. The fraction of sp³-hybridized carbons (Fsp3) is 0.240. The van der Waals surface area contributed by atoms with Crippen molar-refractivity contribution in [3.8, 4) is 11.1 Å². The van der Waals surface area contributed by atoms with Crippen molar-refractivity contribution in [3.63, 3.8) is 0 Å². The summed E-state index contributed by atoms with van der Waals surface area (Å²) in [5.74, 6) is -0.208. The lowest BCUT2D eigenvalue weighted by Crippen LogP contribution is -2.40. The standard InChI is InChI=1S/C25H24FN5O/c26-20-9-3-1-8-18(20)19-15-29-25(27)30-24(19)22-11-5-6-12-31(22)23(32)13-16-14-28-21-10-4-2-7-17(16)21/h1-4,7-10,14-15,22,28H,5-6,11-13H2,(H2,27,29,30). The lowest BCUT2D eigenvalue weighted by atomic mass is 9.93. The number of nitrogens with one attached hydrogen (secondary N) is 1. The van der Waals surface area contributed by atoms with Crippen molar-refractivity contribution in [3.05, 3.63) is 78.0 Å². The van der Waals surface area contributed by atoms with Gasteiger partial charge in [-0.3, -0.25) is 4.79 Å². The SMILES string of the molecule is Nc1ncc(-c2ccccc2F)c(C2CCCCN2C(=O)Cc2c[nH]c3ccccc23)n1. The van der Waals surface area contributed by atoms with Gasteiger partial charge in [-0.15, -0.1) is 0 Å². The third kappa shape index (κ3) is 3.70. The molecule has 0 aliphatic carbocycles. The van der Waals surface area contributed by atoms with Gasteiger partial charge in [-0.2, -0.15) is 0 Å². The number of amides is 1. The van der Waals surface area contributed by atoms with Crippen molar-refractivity contribution in [1.82, 2.24) is 19.9 Å². The van der Waals surface area contributed by atoms with Crippen molar-refractivity contribution in [1.29, 1.82) is 0 Å². The first-order chi connectivity index (χ1) is 15.6. The summed E-state index contributed by atoms with van der Waals surface area (Å²) in [5.41, 5.74) is 9.49. The number of aromatic nitrogens is 3. The van der Waals surface area contributed by atoms with Gasteiger partial charge in [0.05, 0.1) is 18.2 Å². The first kappa shape index (κ1) is 20.2. The second kappa shape index (κ2) is 8.42. The summed E-state index contributed by atoms with van der Waals surface area (Å²) in [4.78, 5) is 27.2. The monoisotopic (exact) mass is 429 g/mol. The number of nitrogen functional groups attached to an aromatic ring is 1. The Labute approximate surface area is 185 Å². The molecule has 1 atom stereocenters. The lowest BCUT2D eigenvalue weighted by Gasteiger charge is -2.36. The molecular weight excluding hydrogens is 405 g/mol. The van der Waals surface area contributed by atoms with Crippen LogP contribution in [-0.2, 0) is 11.2 Å². The predicted octanol–water partition coefficient (Wildman–Crippen LogP) is 4.64. The van der Waals surface area contributed by atoms with Crippen LogP contribution in [0.25, 0.3) is 22.0 Å². The highest BCUT2D eigenvalue weighted by Crippen LogP contribution is 2.37. The van der Waals surface area contributed by atoms with Crippen molar-refractivity contribution in [2.75, 3.05) is 12.3 Å². The number of H-pyrrole nitrogens is 1. The lowest BCUT2D eigenvalue weighted by molar-refractivity contribution is -0.134. The first-order valence-corrected chi connectivity index (χ1v) is 10.8. The summed E-state index contributed by atoms with van der Waals surface area (Å²) in [6.07, 6.45) is 6.38. The Morgan fingerprint density at radius 1 is 1.12 bits per heavy atom. The predicted molar refractivity (Wildman–Crippen MR) is 122 cm³/mol. The van der Waals surface area contributed by atoms with Crippen LogP contribution in [0.2, 0.25) is 0 Å². The number of nitrogens with two attached hydrogens (primary N) is 1. The Bertz CT molecular complexity index is 1280. The summed E-state index contributed by atoms with van der Waals surface area (Å²) in [6, 6.07) is 14.2. The number of carbonyl (C=O) groups excluding carboxylic acids is 1. The van der Waals surface area contributed by atoms with E-state index in [0.29, 0.717) is 23.4 Å². The van der Waals surface area contributed by atoms with E-state index >= 15 is 0 Å². The van der Waals surface area contributed by atoms with Crippen molar-refractivity contribution in [2.24, 2.45) is 0 Å². The van der Waals surface area contributed by atoms with Gasteiger partial charge in [0.25, 0.3) is 0 Å². The number of carbonyl (C=O) groups is 1. The minimum absolute atomic E-state index is 0.0242. The van der Waals surface area contributed by atoms with Gasteiger partial charge in [0.2, 0.25) is 11.9 Å². The highest BCUT2D eigenvalue weighted by Gasteiger charge is 2.32. The van der Waals surface area contributed by atoms with Crippen molar-refractivity contribution >= 4 is 22.8 Å². The van der Waals surface area contributed by atoms with Crippen molar-refractivity contribution in [2.45, 2.75) is 31.7 Å². The van der Waals surface area contributed by atoms with E-state index in [0.717, 1.165) is 35.7 Å². The summed E-state index contributed by atoms with van der Waals surface area (Å²) in [7, 11) is 0. The van der Waals surface area contributed by atoms with Gasteiger partial charge in [-0.05, 0) is 37.0 Å². The zero-order chi connectivity index (χ0) is 22.1. The average Bonchev–Trinajstić information content (AvgIpc) is 3.22. The molecule has 1 aliphatic rings. The smallest absolute Gasteiger partial charge is 0.227 e. The molecule has 3 N–H and O–H groups in total. The van der Waals surface area contributed by atoms with Crippen LogP contribution in [0.5, 0.6) is 0 Å². The molecule has 3 heterocycles. The molecule has 7 heteroatoms. The van der Waals surface area contributed by atoms with Gasteiger partial charge < -0.3 is 15.6 Å². The van der Waals surface area contributed by atoms with Crippen LogP contribution < -0.4 is 5.73 Å². The molecule has 0 bridgehead atoms. The Morgan fingerprint density at radius 3 is 2.81 bits per heavy atom.